The summed E-state index contributed by atoms with van der Waals surface area (Å²) in [6.45, 7) is 14.5. The Morgan fingerprint density at radius 3 is 1.12 bits per heavy atom. The van der Waals surface area contributed by atoms with Crippen LogP contribution in [0.4, 0.5) is 4.79 Å². The molecule has 5 N–H and O–H groups in total. The van der Waals surface area contributed by atoms with Gasteiger partial charge in [-0.05, 0) is 155 Å². The Kier molecular flexibility index (Phi) is 14.7. The highest BCUT2D eigenvalue weighted by Gasteiger charge is 2.51. The number of carbonyl (C=O) groups is 6. The molecular weight excluding hydrogens is 1060 g/mol. The van der Waals surface area contributed by atoms with Gasteiger partial charge in [0, 0.05) is 25.7 Å². The van der Waals surface area contributed by atoms with E-state index in [1.807, 2.05) is 152 Å². The standard InChI is InChI=1S/C72H71N5O8/c1-67(2,3)85-65(82)70(8,9)75-63(80)71(39-49-35-31-45-23-13-17-27-53(45)57(49)58-50(40-71)36-32-46-24-14-18-28-54(46)58)76-62(79)69(6,7)73-61(78)68(4,5)74-64(81)72(77-66(83)84-43-44-21-11-10-12-22-44)41-51-37-33-47-25-15-19-29-55(47)59(51)60-52(42-72)38-34-48-26-16-20-30-56(48)60/h10-38H,39-43H2,1-9H3,(H,73,78)(H,74,81)(H,75,80)(H,76,79)(H,77,83). The van der Waals surface area contributed by atoms with Crippen LogP contribution < -0.4 is 26.6 Å². The topological polar surface area (TPSA) is 181 Å². The van der Waals surface area contributed by atoms with Gasteiger partial charge >= 0.3 is 12.1 Å². The molecule has 0 spiro atoms. The van der Waals surface area contributed by atoms with Gasteiger partial charge in [-0.1, -0.05) is 176 Å². The number of benzene rings is 9. The van der Waals surface area contributed by atoms with Gasteiger partial charge in [-0.25, -0.2) is 9.59 Å². The van der Waals surface area contributed by atoms with Crippen LogP contribution >= 0.6 is 0 Å². The lowest BCUT2D eigenvalue weighted by atomic mass is 9.83. The number of carbonyl (C=O) groups excluding carboxylic acids is 6. The third-order valence-corrected chi connectivity index (χ3v) is 16.6. The molecule has 9 aromatic rings. The Morgan fingerprint density at radius 2 is 0.729 bits per heavy atom. The molecule has 0 aliphatic heterocycles. The Balaban J connectivity index is 0.944. The lowest BCUT2D eigenvalue weighted by Crippen LogP contribution is -2.71. The molecule has 13 nitrogen and oxygen atoms in total. The van der Waals surface area contributed by atoms with Crippen molar-refractivity contribution in [2.24, 2.45) is 0 Å². The predicted molar refractivity (Wildman–Crippen MR) is 334 cm³/mol. The molecule has 0 radical (unpaired) electrons. The van der Waals surface area contributed by atoms with Gasteiger partial charge in [0.05, 0.1) is 0 Å². The smallest absolute Gasteiger partial charge is 0.408 e. The molecule has 0 fully saturated rings. The number of amides is 5. The second-order valence-corrected chi connectivity index (χ2v) is 25.5. The summed E-state index contributed by atoms with van der Waals surface area (Å²) in [5, 5.41) is 23.1. The number of esters is 1. The molecular formula is C72H71N5O8. The number of rotatable bonds is 12. The summed E-state index contributed by atoms with van der Waals surface area (Å²) in [4.78, 5) is 90.2. The number of fused-ring (bicyclic) bond motifs is 14. The van der Waals surface area contributed by atoms with Crippen LogP contribution in [0.5, 0.6) is 0 Å². The van der Waals surface area contributed by atoms with Crippen molar-refractivity contribution in [3.8, 4) is 22.3 Å². The SMILES string of the molecule is CC(C)(C)OC(=O)C(C)(C)NC(=O)C1(NC(=O)C(C)(C)NC(=O)C(C)(C)NC(=O)C2(NC(=O)OCc3ccccc3)Cc3ccc4ccccc4c3-c3c(ccc4ccccc34)C2)Cc2ccc3ccccc3c2-c2c(ccc3ccccc23)C1. The number of hydrogen-bond acceptors (Lipinski definition) is 8. The highest BCUT2D eigenvalue weighted by atomic mass is 16.6. The van der Waals surface area contributed by atoms with Crippen LogP contribution in [0.3, 0.4) is 0 Å². The second kappa shape index (κ2) is 21.7. The van der Waals surface area contributed by atoms with Crippen molar-refractivity contribution in [1.82, 2.24) is 26.6 Å². The maximum Gasteiger partial charge on any atom is 0.408 e. The average Bonchev–Trinajstić information content (AvgIpc) is 2.03. The summed E-state index contributed by atoms with van der Waals surface area (Å²) in [6, 6.07) is 57.5. The van der Waals surface area contributed by atoms with E-state index in [1.54, 1.807) is 34.6 Å². The lowest BCUT2D eigenvalue weighted by Gasteiger charge is -2.40. The molecule has 2 aliphatic rings. The Hall–Kier alpha value is -9.36. The Labute approximate surface area is 495 Å². The molecule has 9 aromatic carbocycles. The number of nitrogens with one attached hydrogen (secondary N) is 5. The van der Waals surface area contributed by atoms with Crippen molar-refractivity contribution in [2.75, 3.05) is 0 Å². The first-order chi connectivity index (χ1) is 40.4. The van der Waals surface area contributed by atoms with Crippen LogP contribution in [0.2, 0.25) is 0 Å². The zero-order valence-electron chi connectivity index (χ0n) is 49.5. The molecule has 0 saturated carbocycles. The van der Waals surface area contributed by atoms with E-state index in [0.717, 1.165) is 93.2 Å². The molecule has 0 unspecified atom stereocenters. The maximum absolute atomic E-state index is 15.7. The fourth-order valence-corrected chi connectivity index (χ4v) is 12.2. The highest BCUT2D eigenvalue weighted by Crippen LogP contribution is 2.46. The summed E-state index contributed by atoms with van der Waals surface area (Å²) < 4.78 is 11.7. The molecule has 11 rings (SSSR count). The van der Waals surface area contributed by atoms with Crippen LogP contribution in [0, 0.1) is 0 Å². The molecule has 13 heteroatoms. The third-order valence-electron chi connectivity index (χ3n) is 16.6. The van der Waals surface area contributed by atoms with Gasteiger partial charge in [-0.2, -0.15) is 0 Å². The first-order valence-corrected chi connectivity index (χ1v) is 28.9. The maximum atomic E-state index is 15.7. The minimum atomic E-state index is -1.77. The minimum Gasteiger partial charge on any atom is -0.458 e. The molecule has 0 bridgehead atoms. The predicted octanol–water partition coefficient (Wildman–Crippen LogP) is 12.1. The number of alkyl carbamates (subject to hydrolysis) is 1. The summed E-state index contributed by atoms with van der Waals surface area (Å²) in [6.07, 6.45) is -0.820. The van der Waals surface area contributed by atoms with Crippen molar-refractivity contribution in [2.45, 2.75) is 128 Å². The molecule has 0 aromatic heterocycles. The zero-order valence-corrected chi connectivity index (χ0v) is 49.5. The van der Waals surface area contributed by atoms with Crippen molar-refractivity contribution < 1.29 is 38.2 Å². The summed E-state index contributed by atoms with van der Waals surface area (Å²) >= 11 is 0. The van der Waals surface area contributed by atoms with Gasteiger partial charge in [0.15, 0.2) is 0 Å². The summed E-state index contributed by atoms with van der Waals surface area (Å²) in [7, 11) is 0. The van der Waals surface area contributed by atoms with Crippen LogP contribution in [0.25, 0.3) is 65.3 Å². The molecule has 85 heavy (non-hydrogen) atoms. The van der Waals surface area contributed by atoms with E-state index in [4.69, 9.17) is 9.47 Å². The van der Waals surface area contributed by atoms with Crippen molar-refractivity contribution in [1.29, 1.82) is 0 Å². The van der Waals surface area contributed by atoms with Gasteiger partial charge in [0.1, 0.15) is 39.9 Å². The van der Waals surface area contributed by atoms with Gasteiger partial charge in [0.25, 0.3) is 0 Å². The monoisotopic (exact) mass is 1130 g/mol. The van der Waals surface area contributed by atoms with E-state index in [2.05, 4.69) is 50.8 Å². The number of ether oxygens (including phenoxy) is 2. The quantitative estimate of drug-likeness (QED) is 0.0750. The Morgan fingerprint density at radius 1 is 0.388 bits per heavy atom. The van der Waals surface area contributed by atoms with E-state index in [1.165, 1.54) is 27.7 Å². The van der Waals surface area contributed by atoms with Crippen LogP contribution in [0.1, 0.15) is 90.1 Å². The fourth-order valence-electron chi connectivity index (χ4n) is 12.2. The van der Waals surface area contributed by atoms with Crippen molar-refractivity contribution in [3.05, 3.63) is 204 Å². The number of hydrogen-bond donors (Lipinski definition) is 5. The van der Waals surface area contributed by atoms with E-state index in [-0.39, 0.29) is 32.3 Å². The largest absolute Gasteiger partial charge is 0.458 e. The molecule has 0 saturated heterocycles. The lowest BCUT2D eigenvalue weighted by molar-refractivity contribution is -0.163. The summed E-state index contributed by atoms with van der Waals surface area (Å²) in [5.74, 6) is -3.41. The summed E-state index contributed by atoms with van der Waals surface area (Å²) in [5.41, 5.74) is -1.82. The van der Waals surface area contributed by atoms with Crippen LogP contribution in [0.15, 0.2) is 176 Å². The second-order valence-electron chi connectivity index (χ2n) is 25.5. The molecule has 432 valence electrons. The first-order valence-electron chi connectivity index (χ1n) is 28.9. The minimum absolute atomic E-state index is 0.00949. The molecule has 0 atom stereocenters. The first kappa shape index (κ1) is 57.5. The van der Waals surface area contributed by atoms with E-state index in [9.17, 15) is 9.59 Å². The highest BCUT2D eigenvalue weighted by molar-refractivity contribution is 6.11. The average molecular weight is 1130 g/mol. The van der Waals surface area contributed by atoms with Gasteiger partial charge in [-0.3, -0.25) is 19.2 Å². The third kappa shape index (κ3) is 11.2. The van der Waals surface area contributed by atoms with Gasteiger partial charge in [-0.15, -0.1) is 0 Å². The van der Waals surface area contributed by atoms with Gasteiger partial charge in [0.2, 0.25) is 23.6 Å². The van der Waals surface area contributed by atoms with Gasteiger partial charge < -0.3 is 36.1 Å². The zero-order chi connectivity index (χ0) is 60.3. The van der Waals surface area contributed by atoms with Crippen molar-refractivity contribution >= 4 is 78.8 Å². The Bertz CT molecular complexity index is 4020. The van der Waals surface area contributed by atoms with Crippen molar-refractivity contribution in [3.63, 3.8) is 0 Å². The molecule has 5 amide bonds. The van der Waals surface area contributed by atoms with E-state index < -0.39 is 69.0 Å². The van der Waals surface area contributed by atoms with E-state index >= 15 is 19.2 Å². The van der Waals surface area contributed by atoms with Crippen LogP contribution in [-0.2, 0) is 65.7 Å². The molecule has 0 heterocycles. The molecule has 2 aliphatic carbocycles. The normalized spacial score (nSPS) is 14.5. The van der Waals surface area contributed by atoms with E-state index in [0.29, 0.717) is 0 Å². The fraction of sp³-hybridized carbons (Fsp3) is 0.278. The van der Waals surface area contributed by atoms with Crippen LogP contribution in [-0.4, -0.2) is 69.0 Å².